The van der Waals surface area contributed by atoms with Gasteiger partial charge in [0.1, 0.15) is 5.82 Å². The standard InChI is InChI=1S/C21H31FN4O2/c1-5-7-18(25-9-8-23-12-14(3)13-25)20-24-17-11-16(22)19(28-4)10-15(17)21(27)26(20)6-2/h10-11,14,18,23H,5-9,12-13H2,1-4H3/t14-,18+/m0/s1. The molecule has 6 nitrogen and oxygen atoms in total. The fraction of sp³-hybridized carbons (Fsp3) is 0.619. The Morgan fingerprint density at radius 2 is 2.18 bits per heavy atom. The Bertz CT molecular complexity index is 883. The zero-order chi connectivity index (χ0) is 20.3. The van der Waals surface area contributed by atoms with Crippen molar-refractivity contribution in [2.45, 2.75) is 46.2 Å². The minimum absolute atomic E-state index is 0.0366. The second-order valence-electron chi connectivity index (χ2n) is 7.63. The number of nitrogens with one attached hydrogen (secondary N) is 1. The molecule has 0 unspecified atom stereocenters. The zero-order valence-electron chi connectivity index (χ0n) is 17.3. The van der Waals surface area contributed by atoms with Crippen LogP contribution in [-0.2, 0) is 6.54 Å². The van der Waals surface area contributed by atoms with E-state index in [9.17, 15) is 9.18 Å². The molecule has 1 aliphatic rings. The van der Waals surface area contributed by atoms with Crippen molar-refractivity contribution in [1.29, 1.82) is 0 Å². The van der Waals surface area contributed by atoms with E-state index in [1.165, 1.54) is 19.2 Å². The van der Waals surface area contributed by atoms with Crippen molar-refractivity contribution in [3.63, 3.8) is 0 Å². The number of methoxy groups -OCH3 is 1. The van der Waals surface area contributed by atoms with Crippen LogP contribution in [0.4, 0.5) is 4.39 Å². The van der Waals surface area contributed by atoms with Gasteiger partial charge in [0.25, 0.3) is 5.56 Å². The van der Waals surface area contributed by atoms with Gasteiger partial charge in [0.05, 0.1) is 24.1 Å². The summed E-state index contributed by atoms with van der Waals surface area (Å²) < 4.78 is 21.1. The summed E-state index contributed by atoms with van der Waals surface area (Å²) in [6.45, 7) is 10.6. The molecule has 0 bridgehead atoms. The lowest BCUT2D eigenvalue weighted by Crippen LogP contribution is -2.38. The Morgan fingerprint density at radius 3 is 2.86 bits per heavy atom. The molecule has 0 radical (unpaired) electrons. The van der Waals surface area contributed by atoms with Crippen LogP contribution in [0.25, 0.3) is 10.9 Å². The molecule has 1 saturated heterocycles. The van der Waals surface area contributed by atoms with E-state index in [0.29, 0.717) is 23.4 Å². The van der Waals surface area contributed by atoms with Crippen molar-refractivity contribution in [2.75, 3.05) is 33.3 Å². The fourth-order valence-electron chi connectivity index (χ4n) is 4.12. The zero-order valence-corrected chi connectivity index (χ0v) is 17.3. The molecule has 0 saturated carbocycles. The van der Waals surface area contributed by atoms with E-state index in [0.717, 1.165) is 44.8 Å². The van der Waals surface area contributed by atoms with Crippen LogP contribution in [0.2, 0.25) is 0 Å². The third-order valence-electron chi connectivity index (χ3n) is 5.49. The molecule has 154 valence electrons. The number of hydrogen-bond donors (Lipinski definition) is 1. The molecule has 0 amide bonds. The molecule has 1 fully saturated rings. The summed E-state index contributed by atoms with van der Waals surface area (Å²) in [5.74, 6) is 0.826. The highest BCUT2D eigenvalue weighted by molar-refractivity contribution is 5.79. The molecule has 7 heteroatoms. The molecule has 2 heterocycles. The van der Waals surface area contributed by atoms with Gasteiger partial charge in [-0.1, -0.05) is 20.3 Å². The molecule has 0 spiro atoms. The van der Waals surface area contributed by atoms with Gasteiger partial charge in [-0.3, -0.25) is 14.3 Å². The number of halogens is 1. The Kier molecular flexibility index (Phi) is 6.67. The third-order valence-corrected chi connectivity index (χ3v) is 5.49. The van der Waals surface area contributed by atoms with Crippen LogP contribution in [-0.4, -0.2) is 47.7 Å². The molecule has 1 N–H and O–H groups in total. The molecular formula is C21H31FN4O2. The molecule has 0 aliphatic carbocycles. The monoisotopic (exact) mass is 390 g/mol. The maximum atomic E-state index is 14.3. The van der Waals surface area contributed by atoms with Crippen LogP contribution < -0.4 is 15.6 Å². The Labute approximate surface area is 165 Å². The van der Waals surface area contributed by atoms with E-state index in [-0.39, 0.29) is 17.4 Å². The third kappa shape index (κ3) is 4.05. The topological polar surface area (TPSA) is 59.4 Å². The summed E-state index contributed by atoms with van der Waals surface area (Å²) in [6, 6.07) is 2.81. The quantitative estimate of drug-likeness (QED) is 0.822. The second-order valence-corrected chi connectivity index (χ2v) is 7.63. The van der Waals surface area contributed by atoms with Gasteiger partial charge in [-0.25, -0.2) is 9.37 Å². The predicted molar refractivity (Wildman–Crippen MR) is 109 cm³/mol. The van der Waals surface area contributed by atoms with Gasteiger partial charge in [-0.15, -0.1) is 0 Å². The van der Waals surface area contributed by atoms with Crippen LogP contribution in [0, 0.1) is 11.7 Å². The number of aromatic nitrogens is 2. The molecular weight excluding hydrogens is 359 g/mol. The summed E-state index contributed by atoms with van der Waals surface area (Å²) in [6.07, 6.45) is 1.89. The first-order valence-corrected chi connectivity index (χ1v) is 10.2. The van der Waals surface area contributed by atoms with E-state index >= 15 is 0 Å². The lowest BCUT2D eigenvalue weighted by molar-refractivity contribution is 0.169. The summed E-state index contributed by atoms with van der Waals surface area (Å²) >= 11 is 0. The first-order chi connectivity index (χ1) is 13.5. The van der Waals surface area contributed by atoms with Gasteiger partial charge in [0.2, 0.25) is 0 Å². The fourth-order valence-corrected chi connectivity index (χ4v) is 4.12. The average Bonchev–Trinajstić information content (AvgIpc) is 2.90. The van der Waals surface area contributed by atoms with Crippen molar-refractivity contribution < 1.29 is 9.13 Å². The smallest absolute Gasteiger partial charge is 0.261 e. The summed E-state index contributed by atoms with van der Waals surface area (Å²) in [4.78, 5) is 20.4. The molecule has 2 atom stereocenters. The van der Waals surface area contributed by atoms with Gasteiger partial charge < -0.3 is 10.1 Å². The number of benzene rings is 1. The molecule has 1 aromatic heterocycles. The van der Waals surface area contributed by atoms with Crippen molar-refractivity contribution in [3.8, 4) is 5.75 Å². The van der Waals surface area contributed by atoms with Crippen molar-refractivity contribution in [3.05, 3.63) is 34.1 Å². The normalized spacial score (nSPS) is 19.5. The lowest BCUT2D eigenvalue weighted by Gasteiger charge is -2.32. The highest BCUT2D eigenvalue weighted by atomic mass is 19.1. The van der Waals surface area contributed by atoms with E-state index in [1.54, 1.807) is 4.57 Å². The van der Waals surface area contributed by atoms with E-state index in [1.807, 2.05) is 6.92 Å². The van der Waals surface area contributed by atoms with Gasteiger partial charge in [-0.05, 0) is 31.9 Å². The van der Waals surface area contributed by atoms with Crippen LogP contribution in [0.1, 0.15) is 45.5 Å². The van der Waals surface area contributed by atoms with E-state index in [4.69, 9.17) is 9.72 Å². The minimum atomic E-state index is -0.498. The van der Waals surface area contributed by atoms with Crippen molar-refractivity contribution in [2.24, 2.45) is 5.92 Å². The summed E-state index contributed by atoms with van der Waals surface area (Å²) in [5.41, 5.74) is 0.257. The van der Waals surface area contributed by atoms with Crippen LogP contribution >= 0.6 is 0 Å². The van der Waals surface area contributed by atoms with Gasteiger partial charge in [0.15, 0.2) is 11.6 Å². The minimum Gasteiger partial charge on any atom is -0.494 e. The number of ether oxygens (including phenoxy) is 1. The van der Waals surface area contributed by atoms with Gasteiger partial charge in [-0.2, -0.15) is 0 Å². The van der Waals surface area contributed by atoms with Crippen molar-refractivity contribution >= 4 is 10.9 Å². The SMILES string of the molecule is CCC[C@H](c1nc2cc(F)c(OC)cc2c(=O)n1CC)N1CCNC[C@H](C)C1. The molecule has 1 aromatic carbocycles. The average molecular weight is 391 g/mol. The van der Waals surface area contributed by atoms with Gasteiger partial charge >= 0.3 is 0 Å². The van der Waals surface area contributed by atoms with Gasteiger partial charge in [0, 0.05) is 32.2 Å². The highest BCUT2D eigenvalue weighted by Crippen LogP contribution is 2.28. The van der Waals surface area contributed by atoms with Crippen molar-refractivity contribution in [1.82, 2.24) is 19.8 Å². The first-order valence-electron chi connectivity index (χ1n) is 10.2. The summed E-state index contributed by atoms with van der Waals surface area (Å²) in [5, 5.41) is 3.86. The first kappa shape index (κ1) is 20.7. The molecule has 2 aromatic rings. The highest BCUT2D eigenvalue weighted by Gasteiger charge is 2.27. The molecule has 28 heavy (non-hydrogen) atoms. The maximum Gasteiger partial charge on any atom is 0.261 e. The van der Waals surface area contributed by atoms with Crippen LogP contribution in [0.3, 0.4) is 0 Å². The number of nitrogens with zero attached hydrogens (tertiary/aromatic N) is 3. The van der Waals surface area contributed by atoms with Crippen LogP contribution in [0.5, 0.6) is 5.75 Å². The predicted octanol–water partition coefficient (Wildman–Crippen LogP) is 2.95. The summed E-state index contributed by atoms with van der Waals surface area (Å²) in [7, 11) is 1.40. The molecule has 3 rings (SSSR count). The Balaban J connectivity index is 2.16. The Morgan fingerprint density at radius 1 is 1.39 bits per heavy atom. The number of rotatable bonds is 6. The molecule has 1 aliphatic heterocycles. The Hall–Kier alpha value is -1.99. The second kappa shape index (κ2) is 9.01. The largest absolute Gasteiger partial charge is 0.494 e. The number of fused-ring (bicyclic) bond motifs is 1. The van der Waals surface area contributed by atoms with E-state index < -0.39 is 5.82 Å². The van der Waals surface area contributed by atoms with E-state index in [2.05, 4.69) is 24.1 Å². The lowest BCUT2D eigenvalue weighted by atomic mass is 10.1. The maximum absolute atomic E-state index is 14.3. The number of hydrogen-bond acceptors (Lipinski definition) is 5. The van der Waals surface area contributed by atoms with Crippen LogP contribution in [0.15, 0.2) is 16.9 Å².